The van der Waals surface area contributed by atoms with Crippen LogP contribution in [0.15, 0.2) is 29.8 Å². The predicted octanol–water partition coefficient (Wildman–Crippen LogP) is 3.04. The van der Waals surface area contributed by atoms with Crippen LogP contribution in [0.2, 0.25) is 0 Å². The molecule has 0 aromatic heterocycles. The molecule has 0 aliphatic heterocycles. The van der Waals surface area contributed by atoms with Gasteiger partial charge in [-0.05, 0) is 55.3 Å². The van der Waals surface area contributed by atoms with Gasteiger partial charge in [0.25, 0.3) is 0 Å². The van der Waals surface area contributed by atoms with Gasteiger partial charge in [0.1, 0.15) is 6.04 Å². The van der Waals surface area contributed by atoms with Crippen LogP contribution in [0.5, 0.6) is 0 Å². The van der Waals surface area contributed by atoms with E-state index >= 15 is 0 Å². The summed E-state index contributed by atoms with van der Waals surface area (Å²) in [5.41, 5.74) is 2.42. The fourth-order valence-corrected chi connectivity index (χ4v) is 5.47. The molecule has 2 aliphatic rings. The molecule has 7 nitrogen and oxygen atoms in total. The molecule has 0 heterocycles. The molecule has 3 rings (SSSR count). The number of fused-ring (bicyclic) bond motifs is 1. The molecule has 1 fully saturated rings. The van der Waals surface area contributed by atoms with E-state index in [0.717, 1.165) is 36.8 Å². The maximum absolute atomic E-state index is 13.7. The molecule has 2 amide bonds. The second-order valence-electron chi connectivity index (χ2n) is 10.5. The van der Waals surface area contributed by atoms with E-state index in [1.165, 1.54) is 0 Å². The summed E-state index contributed by atoms with van der Waals surface area (Å²) in [5.74, 6) is -0.295. The van der Waals surface area contributed by atoms with Crippen LogP contribution in [0.25, 0.3) is 6.08 Å². The topological polar surface area (TPSA) is 114 Å². The van der Waals surface area contributed by atoms with Crippen LogP contribution >= 0.6 is 0 Å². The molecule has 1 aromatic rings. The fraction of sp³-hybridized carbons (Fsp3) is 0.607. The third-order valence-electron chi connectivity index (χ3n) is 7.38. The average Bonchev–Trinajstić information content (AvgIpc) is 3.14. The summed E-state index contributed by atoms with van der Waals surface area (Å²) in [6.45, 7) is 7.43. The van der Waals surface area contributed by atoms with Gasteiger partial charge in [-0.25, -0.2) is 0 Å². The lowest BCUT2D eigenvalue weighted by Gasteiger charge is -2.34. The van der Waals surface area contributed by atoms with Crippen LogP contribution in [-0.4, -0.2) is 48.7 Å². The SMILES string of the molecule is CC(C)C[C@@H](C#N)NC(=O)[C@@H]1CCCC[C@@H]1NC(=O)C1=Cc2ccccc2C1(C)CCNCCO. The Bertz CT molecular complexity index is 967. The van der Waals surface area contributed by atoms with Gasteiger partial charge in [0.05, 0.1) is 18.6 Å². The van der Waals surface area contributed by atoms with Crippen molar-refractivity contribution in [1.29, 1.82) is 5.26 Å². The summed E-state index contributed by atoms with van der Waals surface area (Å²) in [6.07, 6.45) is 6.66. The van der Waals surface area contributed by atoms with E-state index in [-0.39, 0.29) is 30.4 Å². The molecule has 2 aliphatic carbocycles. The molecule has 35 heavy (non-hydrogen) atoms. The van der Waals surface area contributed by atoms with Crippen molar-refractivity contribution >= 4 is 17.9 Å². The second kappa shape index (κ2) is 12.3. The zero-order valence-electron chi connectivity index (χ0n) is 21.3. The number of amides is 2. The van der Waals surface area contributed by atoms with Crippen molar-refractivity contribution in [3.63, 3.8) is 0 Å². The number of benzene rings is 1. The van der Waals surface area contributed by atoms with Gasteiger partial charge in [-0.3, -0.25) is 9.59 Å². The highest BCUT2D eigenvalue weighted by molar-refractivity contribution is 6.03. The number of nitriles is 1. The number of rotatable bonds is 11. The standard InChI is InChI=1S/C28H40N4O3/c1-19(2)16-21(18-29)31-26(34)22-9-5-7-11-25(22)32-27(35)24-17-20-8-4-6-10-23(20)28(24,3)12-13-30-14-15-33/h4,6,8,10,17,19,21-22,25,30,33H,5,7,9,11-16H2,1-3H3,(H,31,34)(H,32,35)/t21-,22+,25-,28?/m0/s1. The first kappa shape index (κ1) is 26.9. The first-order chi connectivity index (χ1) is 16.8. The highest BCUT2D eigenvalue weighted by Crippen LogP contribution is 2.44. The molecular formula is C28H40N4O3. The Morgan fingerprint density at radius 1 is 1.20 bits per heavy atom. The van der Waals surface area contributed by atoms with Gasteiger partial charge in [0.15, 0.2) is 0 Å². The van der Waals surface area contributed by atoms with Crippen molar-refractivity contribution in [2.24, 2.45) is 11.8 Å². The maximum atomic E-state index is 13.7. The highest BCUT2D eigenvalue weighted by atomic mass is 16.3. The molecule has 4 N–H and O–H groups in total. The van der Waals surface area contributed by atoms with Crippen LogP contribution in [0, 0.1) is 23.2 Å². The number of aliphatic hydroxyl groups excluding tert-OH is 1. The molecule has 0 spiro atoms. The molecule has 1 saturated carbocycles. The summed E-state index contributed by atoms with van der Waals surface area (Å²) in [4.78, 5) is 26.8. The largest absolute Gasteiger partial charge is 0.395 e. The van der Waals surface area contributed by atoms with Crippen LogP contribution in [0.4, 0.5) is 0 Å². The smallest absolute Gasteiger partial charge is 0.248 e. The first-order valence-electron chi connectivity index (χ1n) is 12.9. The van der Waals surface area contributed by atoms with E-state index in [1.807, 2.05) is 38.1 Å². The van der Waals surface area contributed by atoms with Gasteiger partial charge in [0.2, 0.25) is 11.8 Å². The van der Waals surface area contributed by atoms with Crippen LogP contribution in [0.1, 0.15) is 70.4 Å². The highest BCUT2D eigenvalue weighted by Gasteiger charge is 2.42. The zero-order valence-corrected chi connectivity index (χ0v) is 21.3. The second-order valence-corrected chi connectivity index (χ2v) is 10.5. The average molecular weight is 481 g/mol. The third-order valence-corrected chi connectivity index (χ3v) is 7.38. The number of carbonyl (C=O) groups excluding carboxylic acids is 2. The van der Waals surface area contributed by atoms with Gasteiger partial charge in [0, 0.05) is 23.6 Å². The summed E-state index contributed by atoms with van der Waals surface area (Å²) in [5, 5.41) is 27.9. The monoisotopic (exact) mass is 480 g/mol. The lowest BCUT2D eigenvalue weighted by Crippen LogP contribution is -2.51. The lowest BCUT2D eigenvalue weighted by molar-refractivity contribution is -0.128. The first-order valence-corrected chi connectivity index (χ1v) is 12.9. The van der Waals surface area contributed by atoms with Crippen LogP contribution in [-0.2, 0) is 15.0 Å². The quantitative estimate of drug-likeness (QED) is 0.364. The van der Waals surface area contributed by atoms with Crippen molar-refractivity contribution < 1.29 is 14.7 Å². The van der Waals surface area contributed by atoms with Gasteiger partial charge >= 0.3 is 0 Å². The Balaban J connectivity index is 1.74. The minimum absolute atomic E-state index is 0.0748. The zero-order chi connectivity index (χ0) is 25.4. The Labute approximate surface area is 209 Å². The molecule has 7 heteroatoms. The number of hydrogen-bond acceptors (Lipinski definition) is 5. The number of nitrogens with zero attached hydrogens (tertiary/aromatic N) is 1. The molecule has 0 bridgehead atoms. The fourth-order valence-electron chi connectivity index (χ4n) is 5.47. The van der Waals surface area contributed by atoms with Gasteiger partial charge in [-0.15, -0.1) is 0 Å². The summed E-state index contributed by atoms with van der Waals surface area (Å²) in [7, 11) is 0. The van der Waals surface area contributed by atoms with Crippen LogP contribution in [0.3, 0.4) is 0 Å². The van der Waals surface area contributed by atoms with E-state index in [2.05, 4.69) is 35.0 Å². The summed E-state index contributed by atoms with van der Waals surface area (Å²) in [6, 6.07) is 9.52. The number of hydrogen-bond donors (Lipinski definition) is 4. The van der Waals surface area contributed by atoms with E-state index in [1.54, 1.807) is 0 Å². The maximum Gasteiger partial charge on any atom is 0.248 e. The van der Waals surface area contributed by atoms with E-state index < -0.39 is 11.5 Å². The van der Waals surface area contributed by atoms with Gasteiger partial charge in [-0.1, -0.05) is 57.9 Å². The normalized spacial score (nSPS) is 24.3. The van der Waals surface area contributed by atoms with Crippen molar-refractivity contribution in [1.82, 2.24) is 16.0 Å². The summed E-state index contributed by atoms with van der Waals surface area (Å²) < 4.78 is 0. The van der Waals surface area contributed by atoms with E-state index in [9.17, 15) is 14.9 Å². The van der Waals surface area contributed by atoms with Gasteiger partial charge in [-0.2, -0.15) is 5.26 Å². The minimum atomic E-state index is -0.512. The van der Waals surface area contributed by atoms with Gasteiger partial charge < -0.3 is 21.1 Å². The molecule has 4 atom stereocenters. The van der Waals surface area contributed by atoms with Crippen molar-refractivity contribution in [2.45, 2.75) is 76.8 Å². The van der Waals surface area contributed by atoms with Crippen molar-refractivity contribution in [2.75, 3.05) is 19.7 Å². The molecule has 0 radical (unpaired) electrons. The third kappa shape index (κ3) is 6.50. The lowest BCUT2D eigenvalue weighted by atomic mass is 9.75. The number of aliphatic hydroxyl groups is 1. The molecule has 1 aromatic carbocycles. The molecular weight excluding hydrogens is 440 g/mol. The Morgan fingerprint density at radius 2 is 1.94 bits per heavy atom. The molecule has 0 saturated heterocycles. The molecule has 1 unspecified atom stereocenters. The van der Waals surface area contributed by atoms with Crippen LogP contribution < -0.4 is 16.0 Å². The predicted molar refractivity (Wildman–Crippen MR) is 137 cm³/mol. The summed E-state index contributed by atoms with van der Waals surface area (Å²) >= 11 is 0. The Hall–Kier alpha value is -2.69. The Kier molecular flexibility index (Phi) is 9.47. The minimum Gasteiger partial charge on any atom is -0.395 e. The Morgan fingerprint density at radius 3 is 2.66 bits per heavy atom. The molecule has 190 valence electrons. The van der Waals surface area contributed by atoms with Crippen molar-refractivity contribution in [3.05, 3.63) is 41.0 Å². The number of nitrogens with one attached hydrogen (secondary N) is 3. The number of carbonyl (C=O) groups is 2. The van der Waals surface area contributed by atoms with E-state index in [0.29, 0.717) is 37.4 Å². The van der Waals surface area contributed by atoms with E-state index in [4.69, 9.17) is 5.11 Å². The van der Waals surface area contributed by atoms with Crippen molar-refractivity contribution in [3.8, 4) is 6.07 Å².